The number of rotatable bonds is 2. The van der Waals surface area contributed by atoms with Crippen LogP contribution in [-0.2, 0) is 4.79 Å². The molecule has 1 amide bonds. The van der Waals surface area contributed by atoms with E-state index in [1.165, 1.54) is 25.7 Å². The highest BCUT2D eigenvalue weighted by Crippen LogP contribution is 2.36. The molecule has 18 heavy (non-hydrogen) atoms. The molecule has 0 aromatic rings. The fourth-order valence-corrected chi connectivity index (χ4v) is 3.49. The van der Waals surface area contributed by atoms with Crippen molar-refractivity contribution in [2.45, 2.75) is 46.0 Å². The third kappa shape index (κ3) is 2.68. The van der Waals surface area contributed by atoms with Crippen molar-refractivity contribution in [1.29, 1.82) is 5.26 Å². The number of carbonyl (C=O) groups excluding carboxylic acids is 1. The number of nitriles is 1. The topological polar surface area (TPSA) is 44.1 Å². The average Bonchev–Trinajstić information content (AvgIpc) is 2.38. The first-order valence-corrected chi connectivity index (χ1v) is 7.32. The van der Waals surface area contributed by atoms with E-state index in [2.05, 4.69) is 6.07 Å². The van der Waals surface area contributed by atoms with E-state index in [0.29, 0.717) is 5.92 Å². The first kappa shape index (κ1) is 13.4. The molecule has 0 bridgehead atoms. The molecule has 1 saturated carbocycles. The molecule has 3 unspecified atom stereocenters. The Bertz CT molecular complexity index is 345. The predicted molar refractivity (Wildman–Crippen MR) is 70.6 cm³/mol. The van der Waals surface area contributed by atoms with Gasteiger partial charge in [-0.1, -0.05) is 33.1 Å². The minimum atomic E-state index is -0.454. The van der Waals surface area contributed by atoms with E-state index in [0.717, 1.165) is 25.4 Å². The lowest BCUT2D eigenvalue weighted by molar-refractivity contribution is -0.138. The molecule has 1 aliphatic carbocycles. The highest BCUT2D eigenvalue weighted by Gasteiger charge is 2.35. The maximum absolute atomic E-state index is 12.3. The summed E-state index contributed by atoms with van der Waals surface area (Å²) in [6.07, 6.45) is 6.44. The summed E-state index contributed by atoms with van der Waals surface area (Å²) in [5.41, 5.74) is 0. The maximum atomic E-state index is 12.3. The Morgan fingerprint density at radius 3 is 2.50 bits per heavy atom. The molecule has 2 rings (SSSR count). The van der Waals surface area contributed by atoms with E-state index < -0.39 is 5.92 Å². The number of carbonyl (C=O) groups is 1. The fourth-order valence-electron chi connectivity index (χ4n) is 3.49. The number of hydrogen-bond donors (Lipinski definition) is 0. The Labute approximate surface area is 110 Å². The van der Waals surface area contributed by atoms with Crippen molar-refractivity contribution in [2.24, 2.45) is 23.7 Å². The summed E-state index contributed by atoms with van der Waals surface area (Å²) < 4.78 is 0. The van der Waals surface area contributed by atoms with Crippen LogP contribution in [0.25, 0.3) is 0 Å². The molecule has 0 radical (unpaired) electrons. The van der Waals surface area contributed by atoms with Gasteiger partial charge in [0.1, 0.15) is 5.92 Å². The lowest BCUT2D eigenvalue weighted by atomic mass is 9.75. The van der Waals surface area contributed by atoms with Gasteiger partial charge in [-0.05, 0) is 30.6 Å². The minimum absolute atomic E-state index is 0.0662. The molecule has 1 saturated heterocycles. The monoisotopic (exact) mass is 248 g/mol. The van der Waals surface area contributed by atoms with Crippen molar-refractivity contribution in [3.05, 3.63) is 0 Å². The summed E-state index contributed by atoms with van der Waals surface area (Å²) >= 11 is 0. The molecule has 3 nitrogen and oxygen atoms in total. The van der Waals surface area contributed by atoms with Gasteiger partial charge in [0, 0.05) is 13.1 Å². The predicted octanol–water partition coefficient (Wildman–Crippen LogP) is 2.82. The van der Waals surface area contributed by atoms with Crippen LogP contribution in [0, 0.1) is 35.0 Å². The first-order chi connectivity index (χ1) is 8.63. The van der Waals surface area contributed by atoms with Gasteiger partial charge in [0.05, 0.1) is 6.07 Å². The number of hydrogen-bond acceptors (Lipinski definition) is 2. The molecule has 100 valence electrons. The maximum Gasteiger partial charge on any atom is 0.240 e. The van der Waals surface area contributed by atoms with Crippen LogP contribution in [0.2, 0.25) is 0 Å². The van der Waals surface area contributed by atoms with Gasteiger partial charge < -0.3 is 4.90 Å². The van der Waals surface area contributed by atoms with Crippen LogP contribution in [0.1, 0.15) is 46.0 Å². The van der Waals surface area contributed by atoms with Crippen molar-refractivity contribution < 1.29 is 4.79 Å². The minimum Gasteiger partial charge on any atom is -0.341 e. The zero-order chi connectivity index (χ0) is 13.1. The van der Waals surface area contributed by atoms with E-state index in [9.17, 15) is 4.79 Å². The number of piperidine rings is 1. The van der Waals surface area contributed by atoms with E-state index in [1.807, 2.05) is 18.7 Å². The summed E-state index contributed by atoms with van der Waals surface area (Å²) in [7, 11) is 0. The molecule has 3 heteroatoms. The smallest absolute Gasteiger partial charge is 0.240 e. The molecule has 3 atom stereocenters. The SMILES string of the molecule is CC(C)C(C#N)C(=O)N1CCC2CCCCC2C1. The lowest BCUT2D eigenvalue weighted by Gasteiger charge is -2.42. The number of nitrogens with zero attached hydrogens (tertiary/aromatic N) is 2. The van der Waals surface area contributed by atoms with Crippen LogP contribution in [0.15, 0.2) is 0 Å². The van der Waals surface area contributed by atoms with Gasteiger partial charge in [-0.3, -0.25) is 4.79 Å². The van der Waals surface area contributed by atoms with E-state index in [4.69, 9.17) is 5.26 Å². The average molecular weight is 248 g/mol. The van der Waals surface area contributed by atoms with Gasteiger partial charge in [0.15, 0.2) is 0 Å². The summed E-state index contributed by atoms with van der Waals surface area (Å²) in [4.78, 5) is 14.3. The molecule has 0 N–H and O–H groups in total. The van der Waals surface area contributed by atoms with Gasteiger partial charge in [0.25, 0.3) is 0 Å². The fraction of sp³-hybridized carbons (Fsp3) is 0.867. The highest BCUT2D eigenvalue weighted by atomic mass is 16.2. The van der Waals surface area contributed by atoms with Gasteiger partial charge in [-0.25, -0.2) is 0 Å². The van der Waals surface area contributed by atoms with E-state index >= 15 is 0 Å². The van der Waals surface area contributed by atoms with Crippen LogP contribution in [-0.4, -0.2) is 23.9 Å². The molecule has 0 spiro atoms. The molecular weight excluding hydrogens is 224 g/mol. The van der Waals surface area contributed by atoms with Gasteiger partial charge in [-0.15, -0.1) is 0 Å². The third-order valence-electron chi connectivity index (χ3n) is 4.67. The Morgan fingerprint density at radius 2 is 1.89 bits per heavy atom. The first-order valence-electron chi connectivity index (χ1n) is 7.32. The largest absolute Gasteiger partial charge is 0.341 e. The number of fused-ring (bicyclic) bond motifs is 1. The third-order valence-corrected chi connectivity index (χ3v) is 4.67. The lowest BCUT2D eigenvalue weighted by Crippen LogP contribution is -2.47. The zero-order valence-electron chi connectivity index (χ0n) is 11.6. The van der Waals surface area contributed by atoms with Crippen molar-refractivity contribution in [2.75, 3.05) is 13.1 Å². The second-order valence-electron chi connectivity index (χ2n) is 6.23. The Kier molecular flexibility index (Phi) is 4.27. The summed E-state index contributed by atoms with van der Waals surface area (Å²) in [6, 6.07) is 2.18. The van der Waals surface area contributed by atoms with E-state index in [1.54, 1.807) is 0 Å². The Morgan fingerprint density at radius 1 is 1.22 bits per heavy atom. The van der Waals surface area contributed by atoms with Crippen molar-refractivity contribution in [3.8, 4) is 6.07 Å². The highest BCUT2D eigenvalue weighted by molar-refractivity contribution is 5.81. The normalized spacial score (nSPS) is 29.6. The molecule has 1 aliphatic heterocycles. The van der Waals surface area contributed by atoms with Crippen LogP contribution in [0.4, 0.5) is 0 Å². The van der Waals surface area contributed by atoms with Crippen molar-refractivity contribution in [3.63, 3.8) is 0 Å². The molecule has 0 aromatic carbocycles. The summed E-state index contributed by atoms with van der Waals surface area (Å²) in [5.74, 6) is 1.26. The molecule has 0 aromatic heterocycles. The number of amides is 1. The van der Waals surface area contributed by atoms with Crippen LogP contribution >= 0.6 is 0 Å². The molecular formula is C15H24N2O. The van der Waals surface area contributed by atoms with Gasteiger partial charge in [-0.2, -0.15) is 5.26 Å². The van der Waals surface area contributed by atoms with Gasteiger partial charge in [0.2, 0.25) is 5.91 Å². The second-order valence-corrected chi connectivity index (χ2v) is 6.23. The Hall–Kier alpha value is -1.04. The summed E-state index contributed by atoms with van der Waals surface area (Å²) in [6.45, 7) is 5.68. The quantitative estimate of drug-likeness (QED) is 0.754. The zero-order valence-corrected chi connectivity index (χ0v) is 11.6. The van der Waals surface area contributed by atoms with Crippen LogP contribution in [0.3, 0.4) is 0 Å². The standard InChI is InChI=1S/C15H24N2O/c1-11(2)14(9-16)15(18)17-8-7-12-5-3-4-6-13(12)10-17/h11-14H,3-8,10H2,1-2H3. The molecule has 1 heterocycles. The van der Waals surface area contributed by atoms with Crippen LogP contribution < -0.4 is 0 Å². The van der Waals surface area contributed by atoms with Crippen molar-refractivity contribution in [1.82, 2.24) is 4.90 Å². The van der Waals surface area contributed by atoms with Crippen LogP contribution in [0.5, 0.6) is 0 Å². The van der Waals surface area contributed by atoms with Crippen molar-refractivity contribution >= 4 is 5.91 Å². The second kappa shape index (κ2) is 5.73. The Balaban J connectivity index is 1.98. The molecule has 2 fully saturated rings. The summed E-state index contributed by atoms with van der Waals surface area (Å²) in [5, 5.41) is 9.13. The number of likely N-dealkylation sites (tertiary alicyclic amines) is 1. The van der Waals surface area contributed by atoms with E-state index in [-0.39, 0.29) is 11.8 Å². The van der Waals surface area contributed by atoms with Gasteiger partial charge >= 0.3 is 0 Å². The molecule has 2 aliphatic rings.